The standard InChI is InChI=1S/C15H21FN2O2/c1-15(2,20)11-17-7-9-18(10-8-17)14(19)12-5-3-4-6-13(12)16/h3-6,20H,7-11H2,1-2H3. The van der Waals surface area contributed by atoms with Crippen LogP contribution in [0.4, 0.5) is 4.39 Å². The third-order valence-electron chi connectivity index (χ3n) is 3.37. The number of nitrogens with zero attached hydrogens (tertiary/aromatic N) is 2. The van der Waals surface area contributed by atoms with E-state index in [9.17, 15) is 14.3 Å². The summed E-state index contributed by atoms with van der Waals surface area (Å²) in [6, 6.07) is 6.06. The Balaban J connectivity index is 1.94. The van der Waals surface area contributed by atoms with Crippen molar-refractivity contribution < 1.29 is 14.3 Å². The van der Waals surface area contributed by atoms with E-state index in [0.717, 1.165) is 0 Å². The van der Waals surface area contributed by atoms with Gasteiger partial charge < -0.3 is 10.0 Å². The highest BCUT2D eigenvalue weighted by atomic mass is 19.1. The van der Waals surface area contributed by atoms with E-state index >= 15 is 0 Å². The van der Waals surface area contributed by atoms with Gasteiger partial charge in [0.25, 0.3) is 5.91 Å². The fourth-order valence-electron chi connectivity index (χ4n) is 2.46. The number of piperazine rings is 1. The smallest absolute Gasteiger partial charge is 0.256 e. The zero-order valence-corrected chi connectivity index (χ0v) is 12.0. The molecule has 4 nitrogen and oxygen atoms in total. The van der Waals surface area contributed by atoms with E-state index < -0.39 is 11.4 Å². The lowest BCUT2D eigenvalue weighted by atomic mass is 10.1. The molecule has 0 aromatic heterocycles. The van der Waals surface area contributed by atoms with Crippen LogP contribution in [0.15, 0.2) is 24.3 Å². The highest BCUT2D eigenvalue weighted by Gasteiger charge is 2.26. The van der Waals surface area contributed by atoms with Gasteiger partial charge in [-0.2, -0.15) is 0 Å². The molecule has 1 aromatic rings. The SMILES string of the molecule is CC(C)(O)CN1CCN(C(=O)c2ccccc2F)CC1. The number of benzene rings is 1. The molecule has 2 rings (SSSR count). The second kappa shape index (κ2) is 5.89. The van der Waals surface area contributed by atoms with Crippen molar-refractivity contribution in [3.8, 4) is 0 Å². The Morgan fingerprint density at radius 3 is 2.40 bits per heavy atom. The first-order valence-corrected chi connectivity index (χ1v) is 6.85. The molecule has 0 saturated carbocycles. The van der Waals surface area contributed by atoms with E-state index in [0.29, 0.717) is 32.7 Å². The van der Waals surface area contributed by atoms with E-state index in [1.165, 1.54) is 12.1 Å². The summed E-state index contributed by atoms with van der Waals surface area (Å²) >= 11 is 0. The topological polar surface area (TPSA) is 43.8 Å². The van der Waals surface area contributed by atoms with Crippen LogP contribution < -0.4 is 0 Å². The van der Waals surface area contributed by atoms with Crippen LogP contribution >= 0.6 is 0 Å². The molecule has 1 aliphatic rings. The molecular weight excluding hydrogens is 259 g/mol. The Morgan fingerprint density at radius 1 is 1.25 bits per heavy atom. The predicted octanol–water partition coefficient (Wildman–Crippen LogP) is 1.35. The molecule has 1 aromatic carbocycles. The lowest BCUT2D eigenvalue weighted by Crippen LogP contribution is -2.52. The van der Waals surface area contributed by atoms with Crippen molar-refractivity contribution in [1.29, 1.82) is 0 Å². The number of aliphatic hydroxyl groups is 1. The third-order valence-corrected chi connectivity index (χ3v) is 3.37. The maximum atomic E-state index is 13.6. The molecule has 0 bridgehead atoms. The lowest BCUT2D eigenvalue weighted by Gasteiger charge is -2.37. The van der Waals surface area contributed by atoms with E-state index in [1.54, 1.807) is 30.9 Å². The van der Waals surface area contributed by atoms with Crippen LogP contribution in [0.2, 0.25) is 0 Å². The first kappa shape index (κ1) is 14.9. The normalized spacial score (nSPS) is 17.3. The molecule has 0 aliphatic carbocycles. The van der Waals surface area contributed by atoms with Crippen molar-refractivity contribution in [2.24, 2.45) is 0 Å². The van der Waals surface area contributed by atoms with Gasteiger partial charge in [-0.1, -0.05) is 12.1 Å². The molecule has 0 radical (unpaired) electrons. The fourth-order valence-corrected chi connectivity index (χ4v) is 2.46. The summed E-state index contributed by atoms with van der Waals surface area (Å²) in [6.45, 7) is 6.63. The monoisotopic (exact) mass is 280 g/mol. The molecule has 0 spiro atoms. The summed E-state index contributed by atoms with van der Waals surface area (Å²) in [4.78, 5) is 16.0. The van der Waals surface area contributed by atoms with Crippen molar-refractivity contribution in [2.75, 3.05) is 32.7 Å². The molecule has 20 heavy (non-hydrogen) atoms. The van der Waals surface area contributed by atoms with Crippen molar-refractivity contribution in [3.63, 3.8) is 0 Å². The maximum Gasteiger partial charge on any atom is 0.256 e. The quantitative estimate of drug-likeness (QED) is 0.909. The zero-order valence-electron chi connectivity index (χ0n) is 12.0. The molecule has 1 fully saturated rings. The summed E-state index contributed by atoms with van der Waals surface area (Å²) in [5, 5.41) is 9.79. The van der Waals surface area contributed by atoms with Gasteiger partial charge in [0, 0.05) is 32.7 Å². The number of hydrogen-bond acceptors (Lipinski definition) is 3. The highest BCUT2D eigenvalue weighted by molar-refractivity contribution is 5.94. The van der Waals surface area contributed by atoms with Gasteiger partial charge in [-0.05, 0) is 26.0 Å². The van der Waals surface area contributed by atoms with Gasteiger partial charge in [-0.3, -0.25) is 9.69 Å². The van der Waals surface area contributed by atoms with Gasteiger partial charge in [0.2, 0.25) is 0 Å². The molecule has 1 aliphatic heterocycles. The lowest BCUT2D eigenvalue weighted by molar-refractivity contribution is 0.0178. The van der Waals surface area contributed by atoms with Gasteiger partial charge in [-0.15, -0.1) is 0 Å². The van der Waals surface area contributed by atoms with Gasteiger partial charge in [-0.25, -0.2) is 4.39 Å². The van der Waals surface area contributed by atoms with Gasteiger partial charge in [0.15, 0.2) is 0 Å². The Labute approximate surface area is 118 Å². The number of β-amino-alcohol motifs (C(OH)–C–C–N with tert-alkyl or cyclic N) is 1. The van der Waals surface area contributed by atoms with Crippen LogP contribution in [-0.4, -0.2) is 59.1 Å². The van der Waals surface area contributed by atoms with Crippen molar-refractivity contribution in [1.82, 2.24) is 9.80 Å². The number of halogens is 1. The second-order valence-electron chi connectivity index (χ2n) is 5.86. The van der Waals surface area contributed by atoms with Crippen LogP contribution in [0.3, 0.4) is 0 Å². The Bertz CT molecular complexity index is 477. The van der Waals surface area contributed by atoms with Crippen LogP contribution in [-0.2, 0) is 0 Å². The van der Waals surface area contributed by atoms with Crippen LogP contribution in [0.5, 0.6) is 0 Å². The van der Waals surface area contributed by atoms with Gasteiger partial charge >= 0.3 is 0 Å². The summed E-state index contributed by atoms with van der Waals surface area (Å²) in [6.07, 6.45) is 0. The predicted molar refractivity (Wildman–Crippen MR) is 75.0 cm³/mol. The number of amides is 1. The average molecular weight is 280 g/mol. The average Bonchev–Trinajstić information content (AvgIpc) is 2.37. The maximum absolute atomic E-state index is 13.6. The number of carbonyl (C=O) groups is 1. The summed E-state index contributed by atoms with van der Waals surface area (Å²) in [5.74, 6) is -0.734. The second-order valence-corrected chi connectivity index (χ2v) is 5.86. The number of rotatable bonds is 3. The molecule has 0 unspecified atom stereocenters. The summed E-state index contributed by atoms with van der Waals surface area (Å²) in [7, 11) is 0. The van der Waals surface area contributed by atoms with Gasteiger partial charge in [0.05, 0.1) is 11.2 Å². The molecule has 1 amide bonds. The van der Waals surface area contributed by atoms with E-state index in [4.69, 9.17) is 0 Å². The van der Waals surface area contributed by atoms with Crippen molar-refractivity contribution in [2.45, 2.75) is 19.4 Å². The largest absolute Gasteiger partial charge is 0.389 e. The van der Waals surface area contributed by atoms with Crippen molar-refractivity contribution >= 4 is 5.91 Å². The van der Waals surface area contributed by atoms with Crippen molar-refractivity contribution in [3.05, 3.63) is 35.6 Å². The summed E-state index contributed by atoms with van der Waals surface area (Å²) in [5.41, 5.74) is -0.610. The first-order valence-electron chi connectivity index (χ1n) is 6.85. The third kappa shape index (κ3) is 3.77. The molecule has 1 heterocycles. The van der Waals surface area contributed by atoms with Crippen LogP contribution in [0, 0.1) is 5.82 Å². The van der Waals surface area contributed by atoms with E-state index in [-0.39, 0.29) is 11.5 Å². The highest BCUT2D eigenvalue weighted by Crippen LogP contribution is 2.13. The number of carbonyl (C=O) groups excluding carboxylic acids is 1. The molecule has 1 N–H and O–H groups in total. The molecule has 0 atom stereocenters. The van der Waals surface area contributed by atoms with E-state index in [2.05, 4.69) is 4.90 Å². The Morgan fingerprint density at radius 2 is 1.85 bits per heavy atom. The molecular formula is C15H21FN2O2. The van der Waals surface area contributed by atoms with Gasteiger partial charge in [0.1, 0.15) is 5.82 Å². The fraction of sp³-hybridized carbons (Fsp3) is 0.533. The van der Waals surface area contributed by atoms with Crippen LogP contribution in [0.1, 0.15) is 24.2 Å². The minimum absolute atomic E-state index is 0.128. The van der Waals surface area contributed by atoms with E-state index in [1.807, 2.05) is 0 Å². The molecule has 1 saturated heterocycles. The zero-order chi connectivity index (χ0) is 14.8. The minimum atomic E-state index is -0.738. The Hall–Kier alpha value is -1.46. The summed E-state index contributed by atoms with van der Waals surface area (Å²) < 4.78 is 13.6. The molecule has 110 valence electrons. The molecule has 5 heteroatoms. The van der Waals surface area contributed by atoms with Crippen LogP contribution in [0.25, 0.3) is 0 Å². The minimum Gasteiger partial charge on any atom is -0.389 e. The first-order chi connectivity index (χ1) is 9.37. The Kier molecular flexibility index (Phi) is 4.40. The number of hydrogen-bond donors (Lipinski definition) is 1.